The molecule has 0 aliphatic carbocycles. The molecule has 0 spiro atoms. The van der Waals surface area contributed by atoms with Crippen molar-refractivity contribution in [2.75, 3.05) is 13.7 Å². The summed E-state index contributed by atoms with van der Waals surface area (Å²) in [5, 5.41) is 19.3. The van der Waals surface area contributed by atoms with Crippen LogP contribution in [0.15, 0.2) is 30.3 Å². The summed E-state index contributed by atoms with van der Waals surface area (Å²) in [4.78, 5) is 11.6. The average molecular weight is 282 g/mol. The Kier molecular flexibility index (Phi) is 5.22. The number of methoxy groups -OCH3 is 1. The first kappa shape index (κ1) is 15.1. The van der Waals surface area contributed by atoms with Gasteiger partial charge in [-0.3, -0.25) is 4.79 Å². The maximum Gasteiger partial charge on any atom is 0.197 e. The summed E-state index contributed by atoms with van der Waals surface area (Å²) in [6.07, 6.45) is -4.80. The molecule has 6 nitrogen and oxygen atoms in total. The molecule has 6 heteroatoms. The molecule has 2 N–H and O–H groups in total. The zero-order valence-corrected chi connectivity index (χ0v) is 11.1. The summed E-state index contributed by atoms with van der Waals surface area (Å²) in [6.45, 7) is 0.385. The number of aliphatic hydroxyl groups excluding tert-OH is 2. The van der Waals surface area contributed by atoms with Gasteiger partial charge in [0.15, 0.2) is 18.2 Å². The van der Waals surface area contributed by atoms with Crippen LogP contribution in [-0.4, -0.2) is 54.3 Å². The third-order valence-corrected chi connectivity index (χ3v) is 3.13. The van der Waals surface area contributed by atoms with Gasteiger partial charge in [-0.1, -0.05) is 30.3 Å². The molecule has 0 bridgehead atoms. The van der Waals surface area contributed by atoms with Crippen LogP contribution in [0.5, 0.6) is 0 Å². The molecule has 0 saturated carbocycles. The van der Waals surface area contributed by atoms with E-state index in [0.717, 1.165) is 5.56 Å². The van der Waals surface area contributed by atoms with Crippen molar-refractivity contribution in [3.05, 3.63) is 35.9 Å². The Morgan fingerprint density at radius 1 is 1.20 bits per heavy atom. The van der Waals surface area contributed by atoms with Crippen molar-refractivity contribution in [3.63, 3.8) is 0 Å². The van der Waals surface area contributed by atoms with E-state index in [9.17, 15) is 15.0 Å². The Morgan fingerprint density at radius 3 is 2.55 bits per heavy atom. The predicted molar refractivity (Wildman–Crippen MR) is 68.8 cm³/mol. The Morgan fingerprint density at radius 2 is 1.90 bits per heavy atom. The fourth-order valence-corrected chi connectivity index (χ4v) is 2.00. The van der Waals surface area contributed by atoms with Crippen LogP contribution >= 0.6 is 0 Å². The lowest BCUT2D eigenvalue weighted by atomic mass is 10.0. The third-order valence-electron chi connectivity index (χ3n) is 3.13. The number of Topliss-reactive ketones (excluding diaryl/α,β-unsaturated/α-hetero) is 1. The van der Waals surface area contributed by atoms with Crippen molar-refractivity contribution in [2.45, 2.75) is 31.2 Å². The highest BCUT2D eigenvalue weighted by atomic mass is 16.7. The van der Waals surface area contributed by atoms with Crippen molar-refractivity contribution in [1.82, 2.24) is 0 Å². The molecule has 1 fully saturated rings. The van der Waals surface area contributed by atoms with Gasteiger partial charge in [0.2, 0.25) is 0 Å². The van der Waals surface area contributed by atoms with E-state index in [-0.39, 0.29) is 6.61 Å². The molecule has 110 valence electrons. The lowest BCUT2D eigenvalue weighted by Gasteiger charge is -2.34. The van der Waals surface area contributed by atoms with E-state index >= 15 is 0 Å². The third kappa shape index (κ3) is 3.41. The number of carbonyl (C=O) groups excluding carboxylic acids is 1. The van der Waals surface area contributed by atoms with E-state index in [1.54, 1.807) is 0 Å². The van der Waals surface area contributed by atoms with Gasteiger partial charge >= 0.3 is 0 Å². The standard InChI is InChI=1S/C14H18O6/c1-18-14-13(17)12(16)11(15)10(20-14)8-19-7-9-5-3-2-4-6-9/h2-6,10-11,13-15,17H,7-8H2,1H3/t10-,11-,13+,14+/m1/s1. The van der Waals surface area contributed by atoms with Crippen LogP contribution in [0.4, 0.5) is 0 Å². The second kappa shape index (κ2) is 6.92. The van der Waals surface area contributed by atoms with Gasteiger partial charge in [0.05, 0.1) is 13.2 Å². The summed E-state index contributed by atoms with van der Waals surface area (Å²) < 4.78 is 15.6. The largest absolute Gasteiger partial charge is 0.382 e. The molecule has 0 amide bonds. The number of ketones is 1. The first-order chi connectivity index (χ1) is 9.63. The summed E-state index contributed by atoms with van der Waals surface area (Å²) in [5.74, 6) is -0.712. The normalized spacial score (nSPS) is 30.4. The minimum Gasteiger partial charge on any atom is -0.382 e. The Balaban J connectivity index is 1.87. The van der Waals surface area contributed by atoms with Gasteiger partial charge in [0.25, 0.3) is 0 Å². The predicted octanol–water partition coefficient (Wildman–Crippen LogP) is -0.135. The highest BCUT2D eigenvalue weighted by Gasteiger charge is 2.43. The van der Waals surface area contributed by atoms with E-state index in [2.05, 4.69) is 0 Å². The van der Waals surface area contributed by atoms with E-state index in [0.29, 0.717) is 6.61 Å². The number of ether oxygens (including phenoxy) is 3. The molecule has 4 atom stereocenters. The quantitative estimate of drug-likeness (QED) is 0.782. The Hall–Kier alpha value is -1.31. The van der Waals surface area contributed by atoms with Gasteiger partial charge in [-0.25, -0.2) is 0 Å². The van der Waals surface area contributed by atoms with Crippen molar-refractivity contribution >= 4 is 5.78 Å². The summed E-state index contributed by atoms with van der Waals surface area (Å²) in [7, 11) is 1.32. The topological polar surface area (TPSA) is 85.2 Å². The highest BCUT2D eigenvalue weighted by Crippen LogP contribution is 2.19. The highest BCUT2D eigenvalue weighted by molar-refractivity contribution is 5.88. The number of benzene rings is 1. The van der Waals surface area contributed by atoms with Crippen molar-refractivity contribution in [1.29, 1.82) is 0 Å². The second-order valence-electron chi connectivity index (χ2n) is 4.57. The molecule has 1 aromatic carbocycles. The zero-order chi connectivity index (χ0) is 14.5. The van der Waals surface area contributed by atoms with Gasteiger partial charge < -0.3 is 24.4 Å². The van der Waals surface area contributed by atoms with Gasteiger partial charge in [-0.2, -0.15) is 0 Å². The second-order valence-corrected chi connectivity index (χ2v) is 4.57. The first-order valence-electron chi connectivity index (χ1n) is 6.33. The Bertz CT molecular complexity index is 435. The van der Waals surface area contributed by atoms with Crippen LogP contribution < -0.4 is 0 Å². The number of carbonyl (C=O) groups is 1. The minimum atomic E-state index is -1.47. The van der Waals surface area contributed by atoms with Gasteiger partial charge in [-0.05, 0) is 5.56 Å². The van der Waals surface area contributed by atoms with E-state index in [1.165, 1.54) is 7.11 Å². The SMILES string of the molecule is CO[C@H]1O[C@H](COCc2ccccc2)[C@@H](O)C(=O)[C@@H]1O. The minimum absolute atomic E-state index is 0.0361. The monoisotopic (exact) mass is 282 g/mol. The number of hydrogen-bond donors (Lipinski definition) is 2. The Labute approximate surface area is 116 Å². The van der Waals surface area contributed by atoms with Crippen molar-refractivity contribution in [3.8, 4) is 0 Å². The molecule has 1 aliphatic heterocycles. The number of aliphatic hydroxyl groups is 2. The molecular formula is C14H18O6. The molecule has 20 heavy (non-hydrogen) atoms. The van der Waals surface area contributed by atoms with Crippen LogP contribution in [0.1, 0.15) is 5.56 Å². The molecule has 0 aromatic heterocycles. The lowest BCUT2D eigenvalue weighted by Crippen LogP contribution is -2.56. The van der Waals surface area contributed by atoms with E-state index in [4.69, 9.17) is 14.2 Å². The van der Waals surface area contributed by atoms with Gasteiger partial charge in [-0.15, -0.1) is 0 Å². The average Bonchev–Trinajstić information content (AvgIpc) is 2.48. The maximum absolute atomic E-state index is 11.6. The number of hydrogen-bond acceptors (Lipinski definition) is 6. The molecule has 1 saturated heterocycles. The van der Waals surface area contributed by atoms with Crippen LogP contribution in [0.3, 0.4) is 0 Å². The van der Waals surface area contributed by atoms with Crippen molar-refractivity contribution in [2.24, 2.45) is 0 Å². The maximum atomic E-state index is 11.6. The molecule has 0 radical (unpaired) electrons. The van der Waals surface area contributed by atoms with E-state index in [1.807, 2.05) is 30.3 Å². The zero-order valence-electron chi connectivity index (χ0n) is 11.1. The first-order valence-corrected chi connectivity index (χ1v) is 6.33. The summed E-state index contributed by atoms with van der Waals surface area (Å²) in [5.41, 5.74) is 0.979. The fraction of sp³-hybridized carbons (Fsp3) is 0.500. The molecule has 1 heterocycles. The summed E-state index contributed by atoms with van der Waals surface area (Å²) >= 11 is 0. The van der Waals surface area contributed by atoms with Crippen LogP contribution in [0, 0.1) is 0 Å². The van der Waals surface area contributed by atoms with Gasteiger partial charge in [0, 0.05) is 7.11 Å². The lowest BCUT2D eigenvalue weighted by molar-refractivity contribution is -0.250. The van der Waals surface area contributed by atoms with Crippen molar-refractivity contribution < 1.29 is 29.2 Å². The molecule has 2 rings (SSSR count). The smallest absolute Gasteiger partial charge is 0.197 e. The summed E-state index contributed by atoms with van der Waals surface area (Å²) in [6, 6.07) is 9.51. The fourth-order valence-electron chi connectivity index (χ4n) is 2.00. The van der Waals surface area contributed by atoms with Crippen LogP contribution in [-0.2, 0) is 25.6 Å². The molecular weight excluding hydrogens is 264 g/mol. The van der Waals surface area contributed by atoms with Crippen LogP contribution in [0.2, 0.25) is 0 Å². The molecule has 0 unspecified atom stereocenters. The van der Waals surface area contributed by atoms with Crippen LogP contribution in [0.25, 0.3) is 0 Å². The van der Waals surface area contributed by atoms with Gasteiger partial charge in [0.1, 0.15) is 12.2 Å². The molecule has 1 aromatic rings. The van der Waals surface area contributed by atoms with E-state index < -0.39 is 30.4 Å². The molecule has 1 aliphatic rings. The number of rotatable bonds is 5.